The molecule has 0 saturated carbocycles. The molecule has 1 saturated heterocycles. The molecule has 7 nitrogen and oxygen atoms in total. The van der Waals surface area contributed by atoms with Gasteiger partial charge in [-0.05, 0) is 42.1 Å². The minimum atomic E-state index is -0.131. The number of carbonyl (C=O) groups excluding carboxylic acids is 1. The van der Waals surface area contributed by atoms with Crippen molar-refractivity contribution in [1.82, 2.24) is 15.0 Å². The molecular formula is C20H22N4O3S. The highest BCUT2D eigenvalue weighted by Crippen LogP contribution is 2.29. The van der Waals surface area contributed by atoms with E-state index >= 15 is 0 Å². The third kappa shape index (κ3) is 4.17. The van der Waals surface area contributed by atoms with Crippen LogP contribution in [0.5, 0.6) is 5.75 Å². The molecule has 1 aliphatic heterocycles. The predicted molar refractivity (Wildman–Crippen MR) is 108 cm³/mol. The average molecular weight is 398 g/mol. The lowest BCUT2D eigenvalue weighted by Gasteiger charge is -2.36. The molecule has 0 atom stereocenters. The summed E-state index contributed by atoms with van der Waals surface area (Å²) in [6.07, 6.45) is 2.13. The fraction of sp³-hybridized carbons (Fsp3) is 0.350. The molecule has 4 rings (SSSR count). The van der Waals surface area contributed by atoms with Gasteiger partial charge in [-0.3, -0.25) is 0 Å². The zero-order valence-electron chi connectivity index (χ0n) is 15.6. The summed E-state index contributed by atoms with van der Waals surface area (Å²) in [5, 5.41) is 8.91. The van der Waals surface area contributed by atoms with Crippen molar-refractivity contribution in [1.29, 1.82) is 0 Å². The summed E-state index contributed by atoms with van der Waals surface area (Å²) in [6, 6.07) is 11.2. The van der Waals surface area contributed by atoms with E-state index in [4.69, 9.17) is 9.26 Å². The van der Waals surface area contributed by atoms with Gasteiger partial charge in [-0.15, -0.1) is 11.3 Å². The number of unbranched alkanes of at least 4 members (excludes halogenated alkanes) is 1. The van der Waals surface area contributed by atoms with Gasteiger partial charge >= 0.3 is 6.03 Å². The molecule has 1 aromatic carbocycles. The van der Waals surface area contributed by atoms with E-state index in [2.05, 4.69) is 22.4 Å². The third-order valence-electron chi connectivity index (χ3n) is 4.57. The van der Waals surface area contributed by atoms with Gasteiger partial charge in [0.15, 0.2) is 0 Å². The number of hydrogen-bond donors (Lipinski definition) is 1. The van der Waals surface area contributed by atoms with Crippen LogP contribution < -0.4 is 10.1 Å². The molecule has 1 fully saturated rings. The predicted octanol–water partition coefficient (Wildman–Crippen LogP) is 4.61. The number of benzene rings is 1. The van der Waals surface area contributed by atoms with Gasteiger partial charge in [0.2, 0.25) is 11.7 Å². The number of anilines is 1. The highest BCUT2D eigenvalue weighted by atomic mass is 32.1. The zero-order valence-corrected chi connectivity index (χ0v) is 16.4. The molecular weight excluding hydrogens is 376 g/mol. The highest BCUT2D eigenvalue weighted by Gasteiger charge is 2.35. The number of thiophene rings is 1. The molecule has 0 bridgehead atoms. The van der Waals surface area contributed by atoms with E-state index in [1.165, 1.54) is 0 Å². The van der Waals surface area contributed by atoms with E-state index in [0.717, 1.165) is 29.2 Å². The van der Waals surface area contributed by atoms with Gasteiger partial charge in [-0.1, -0.05) is 24.6 Å². The number of rotatable bonds is 7. The van der Waals surface area contributed by atoms with Crippen LogP contribution in [0.2, 0.25) is 0 Å². The first kappa shape index (κ1) is 18.5. The lowest BCUT2D eigenvalue weighted by atomic mass is 10.0. The van der Waals surface area contributed by atoms with Crippen molar-refractivity contribution in [2.45, 2.75) is 25.7 Å². The van der Waals surface area contributed by atoms with Crippen molar-refractivity contribution in [2.75, 3.05) is 25.0 Å². The maximum atomic E-state index is 12.4. The third-order valence-corrected chi connectivity index (χ3v) is 5.44. The molecule has 8 heteroatoms. The molecule has 3 heterocycles. The first-order valence-corrected chi connectivity index (χ1v) is 10.3. The number of ether oxygens (including phenoxy) is 1. The van der Waals surface area contributed by atoms with Crippen LogP contribution in [0.3, 0.4) is 0 Å². The highest BCUT2D eigenvalue weighted by molar-refractivity contribution is 7.13. The van der Waals surface area contributed by atoms with Gasteiger partial charge in [0, 0.05) is 18.8 Å². The summed E-state index contributed by atoms with van der Waals surface area (Å²) in [5.74, 6) is 2.09. The van der Waals surface area contributed by atoms with E-state index in [9.17, 15) is 4.79 Å². The van der Waals surface area contributed by atoms with Crippen LogP contribution in [0.4, 0.5) is 10.5 Å². The second-order valence-electron chi connectivity index (χ2n) is 6.69. The first-order valence-electron chi connectivity index (χ1n) is 9.39. The number of urea groups is 1. The molecule has 146 valence electrons. The fourth-order valence-electron chi connectivity index (χ4n) is 2.88. The summed E-state index contributed by atoms with van der Waals surface area (Å²) in [5.41, 5.74) is 0.745. The van der Waals surface area contributed by atoms with Crippen LogP contribution in [0.15, 0.2) is 46.3 Å². The average Bonchev–Trinajstić information content (AvgIpc) is 3.34. The second-order valence-corrected chi connectivity index (χ2v) is 7.64. The Morgan fingerprint density at radius 2 is 2.14 bits per heavy atom. The maximum Gasteiger partial charge on any atom is 0.321 e. The minimum absolute atomic E-state index is 0.0845. The fourth-order valence-corrected chi connectivity index (χ4v) is 3.53. The van der Waals surface area contributed by atoms with Gasteiger partial charge < -0.3 is 19.5 Å². The standard InChI is InChI=1S/C20H22N4O3S/c1-2-3-10-26-16-8-6-15(7-9-16)21-20(25)24-12-14(13-24)19-22-18(23-27-19)17-5-4-11-28-17/h4-9,11,14H,2-3,10,12-13H2,1H3,(H,21,25). The molecule has 1 N–H and O–H groups in total. The van der Waals surface area contributed by atoms with Gasteiger partial charge in [-0.25, -0.2) is 4.79 Å². The van der Waals surface area contributed by atoms with E-state index in [1.54, 1.807) is 16.2 Å². The van der Waals surface area contributed by atoms with Crippen LogP contribution in [0.25, 0.3) is 10.7 Å². The number of aromatic nitrogens is 2. The van der Waals surface area contributed by atoms with Crippen LogP contribution in [0.1, 0.15) is 31.6 Å². The Bertz CT molecular complexity index is 902. The van der Waals surface area contributed by atoms with Crippen molar-refractivity contribution < 1.29 is 14.1 Å². The van der Waals surface area contributed by atoms with Crippen LogP contribution in [-0.4, -0.2) is 40.8 Å². The summed E-state index contributed by atoms with van der Waals surface area (Å²) < 4.78 is 11.0. The van der Waals surface area contributed by atoms with Crippen molar-refractivity contribution in [3.05, 3.63) is 47.7 Å². The number of nitrogens with zero attached hydrogens (tertiary/aromatic N) is 3. The summed E-state index contributed by atoms with van der Waals surface area (Å²) in [7, 11) is 0. The van der Waals surface area contributed by atoms with Gasteiger partial charge in [0.05, 0.1) is 17.4 Å². The molecule has 0 radical (unpaired) electrons. The number of nitrogens with one attached hydrogen (secondary N) is 1. The molecule has 0 spiro atoms. The van der Waals surface area contributed by atoms with Gasteiger partial charge in [0.25, 0.3) is 0 Å². The maximum absolute atomic E-state index is 12.4. The molecule has 1 aliphatic rings. The first-order chi connectivity index (χ1) is 13.7. The van der Waals surface area contributed by atoms with E-state index in [1.807, 2.05) is 41.8 Å². The molecule has 0 aliphatic carbocycles. The second kappa shape index (κ2) is 8.43. The molecule has 0 unspecified atom stereocenters. The zero-order chi connectivity index (χ0) is 19.3. The Morgan fingerprint density at radius 1 is 1.32 bits per heavy atom. The summed E-state index contributed by atoms with van der Waals surface area (Å²) in [6.45, 7) is 3.97. The Kier molecular flexibility index (Phi) is 5.57. The summed E-state index contributed by atoms with van der Waals surface area (Å²) in [4.78, 5) is 19.5. The Hall–Kier alpha value is -2.87. The van der Waals surface area contributed by atoms with Gasteiger partial charge in [0.1, 0.15) is 5.75 Å². The Labute approximate surface area is 167 Å². The lowest BCUT2D eigenvalue weighted by molar-refractivity contribution is 0.147. The van der Waals surface area contributed by atoms with E-state index in [-0.39, 0.29) is 11.9 Å². The smallest absolute Gasteiger partial charge is 0.321 e. The Morgan fingerprint density at radius 3 is 2.86 bits per heavy atom. The number of likely N-dealkylation sites (tertiary alicyclic amines) is 1. The van der Waals surface area contributed by atoms with Crippen LogP contribution in [0, 0.1) is 0 Å². The number of carbonyl (C=O) groups is 1. The van der Waals surface area contributed by atoms with Crippen molar-refractivity contribution >= 4 is 23.1 Å². The molecule has 28 heavy (non-hydrogen) atoms. The van der Waals surface area contributed by atoms with E-state index in [0.29, 0.717) is 31.4 Å². The Balaban J connectivity index is 1.26. The lowest BCUT2D eigenvalue weighted by Crippen LogP contribution is -2.50. The quantitative estimate of drug-likeness (QED) is 0.588. The largest absolute Gasteiger partial charge is 0.494 e. The van der Waals surface area contributed by atoms with Gasteiger partial charge in [-0.2, -0.15) is 4.98 Å². The minimum Gasteiger partial charge on any atom is -0.494 e. The molecule has 2 aromatic heterocycles. The topological polar surface area (TPSA) is 80.5 Å². The van der Waals surface area contributed by atoms with Crippen LogP contribution in [-0.2, 0) is 0 Å². The molecule has 3 aromatic rings. The number of hydrogen-bond acceptors (Lipinski definition) is 6. The van der Waals surface area contributed by atoms with Crippen molar-refractivity contribution in [3.63, 3.8) is 0 Å². The number of amides is 2. The normalized spacial score (nSPS) is 14.0. The van der Waals surface area contributed by atoms with Crippen molar-refractivity contribution in [2.24, 2.45) is 0 Å². The van der Waals surface area contributed by atoms with E-state index < -0.39 is 0 Å². The van der Waals surface area contributed by atoms with Crippen LogP contribution >= 0.6 is 11.3 Å². The monoisotopic (exact) mass is 398 g/mol. The van der Waals surface area contributed by atoms with Crippen molar-refractivity contribution in [3.8, 4) is 16.5 Å². The summed E-state index contributed by atoms with van der Waals surface area (Å²) >= 11 is 1.57. The SMILES string of the molecule is CCCCOc1ccc(NC(=O)N2CC(c3nc(-c4cccs4)no3)C2)cc1. The molecule has 2 amide bonds.